The largest absolute Gasteiger partial charge is 0.493 e. The predicted octanol–water partition coefficient (Wildman–Crippen LogP) is 4.88. The van der Waals surface area contributed by atoms with E-state index in [2.05, 4.69) is 34.2 Å². The number of furan rings is 1. The van der Waals surface area contributed by atoms with Crippen molar-refractivity contribution in [2.75, 3.05) is 43.0 Å². The third kappa shape index (κ3) is 4.97. The Bertz CT molecular complexity index is 1080. The Morgan fingerprint density at radius 3 is 2.55 bits per heavy atom. The molecule has 1 N–H and O–H groups in total. The number of nitrogens with zero attached hydrogens (tertiary/aromatic N) is 2. The Kier molecular flexibility index (Phi) is 6.87. The van der Waals surface area contributed by atoms with Gasteiger partial charge in [0.25, 0.3) is 5.91 Å². The minimum atomic E-state index is -0.355. The van der Waals surface area contributed by atoms with E-state index in [9.17, 15) is 9.59 Å². The second-order valence-electron chi connectivity index (χ2n) is 8.37. The van der Waals surface area contributed by atoms with Crippen LogP contribution in [-0.2, 0) is 0 Å². The van der Waals surface area contributed by atoms with Crippen molar-refractivity contribution in [1.29, 1.82) is 0 Å². The number of nitrogens with one attached hydrogen (secondary N) is 1. The molecule has 0 radical (unpaired) electrons. The molecule has 1 aromatic carbocycles. The molecule has 2 aromatic rings. The lowest BCUT2D eigenvalue weighted by molar-refractivity contribution is 0.0991. The van der Waals surface area contributed by atoms with Crippen LogP contribution < -0.4 is 15.0 Å². The number of benzene rings is 1. The summed E-state index contributed by atoms with van der Waals surface area (Å²) in [6, 6.07) is 6.87. The van der Waals surface area contributed by atoms with Gasteiger partial charge >= 0.3 is 0 Å². The lowest BCUT2D eigenvalue weighted by Crippen LogP contribution is -2.46. The van der Waals surface area contributed by atoms with E-state index in [1.54, 1.807) is 18.2 Å². The van der Waals surface area contributed by atoms with Crippen LogP contribution in [0.5, 0.6) is 5.75 Å². The maximum Gasteiger partial charge on any atom is 0.291 e. The molecular weight excluding hydrogens is 418 g/mol. The Hall–Kier alpha value is -3.48. The van der Waals surface area contributed by atoms with Gasteiger partial charge in [0.2, 0.25) is 0 Å². The minimum absolute atomic E-state index is 0.116. The minimum Gasteiger partial charge on any atom is -0.493 e. The number of Topliss-reactive ketones (excluding diaryl/α,β-unsaturated/α-hetero) is 1. The number of piperazine rings is 1. The fourth-order valence-corrected chi connectivity index (χ4v) is 4.40. The molecule has 1 aromatic heterocycles. The maximum absolute atomic E-state index is 12.7. The number of ether oxygens (including phenoxy) is 1. The van der Waals surface area contributed by atoms with E-state index < -0.39 is 0 Å². The van der Waals surface area contributed by atoms with Gasteiger partial charge < -0.3 is 24.3 Å². The molecule has 4 rings (SSSR count). The SMILES string of the molecule is CCOc1cc(N2CCN(C3=C(C)CCC=C3)CC2)c(NC(=O)c2ccco2)cc1C(C)=O. The fraction of sp³-hybridized carbons (Fsp3) is 0.385. The van der Waals surface area contributed by atoms with Crippen molar-refractivity contribution in [1.82, 2.24) is 4.90 Å². The zero-order valence-electron chi connectivity index (χ0n) is 19.5. The lowest BCUT2D eigenvalue weighted by Gasteiger charge is -2.39. The summed E-state index contributed by atoms with van der Waals surface area (Å²) >= 11 is 0. The molecule has 33 heavy (non-hydrogen) atoms. The van der Waals surface area contributed by atoms with Crippen LogP contribution in [0, 0.1) is 0 Å². The van der Waals surface area contributed by atoms with Crippen molar-refractivity contribution in [2.24, 2.45) is 0 Å². The molecule has 1 saturated heterocycles. The molecule has 2 aliphatic rings. The number of amides is 1. The summed E-state index contributed by atoms with van der Waals surface area (Å²) in [5.41, 5.74) is 4.62. The Morgan fingerprint density at radius 2 is 1.91 bits per heavy atom. The second-order valence-corrected chi connectivity index (χ2v) is 8.37. The summed E-state index contributed by atoms with van der Waals surface area (Å²) in [6.45, 7) is 9.39. The van der Waals surface area contributed by atoms with Crippen LogP contribution in [0.15, 0.2) is 58.4 Å². The lowest BCUT2D eigenvalue weighted by atomic mass is 10.0. The zero-order chi connectivity index (χ0) is 23.4. The van der Waals surface area contributed by atoms with Crippen LogP contribution >= 0.6 is 0 Å². The van der Waals surface area contributed by atoms with Crippen molar-refractivity contribution in [3.63, 3.8) is 0 Å². The summed E-state index contributed by atoms with van der Waals surface area (Å²) in [7, 11) is 0. The first-order valence-corrected chi connectivity index (χ1v) is 11.5. The topological polar surface area (TPSA) is 75.0 Å². The van der Waals surface area contributed by atoms with Gasteiger partial charge in [-0.3, -0.25) is 9.59 Å². The molecule has 0 atom stereocenters. The highest BCUT2D eigenvalue weighted by Crippen LogP contribution is 2.36. The van der Waals surface area contributed by atoms with E-state index in [4.69, 9.17) is 9.15 Å². The van der Waals surface area contributed by atoms with Gasteiger partial charge in [0, 0.05) is 37.9 Å². The van der Waals surface area contributed by atoms with Crippen molar-refractivity contribution in [3.05, 3.63) is 65.3 Å². The number of anilines is 2. The van der Waals surface area contributed by atoms with E-state index in [0.717, 1.165) is 44.7 Å². The molecule has 1 aliphatic heterocycles. The van der Waals surface area contributed by atoms with Crippen LogP contribution in [0.1, 0.15) is 54.5 Å². The third-order valence-corrected chi connectivity index (χ3v) is 6.13. The van der Waals surface area contributed by atoms with Gasteiger partial charge in [-0.15, -0.1) is 0 Å². The van der Waals surface area contributed by atoms with Gasteiger partial charge in [0.1, 0.15) is 5.75 Å². The van der Waals surface area contributed by atoms with Gasteiger partial charge in [-0.05, 0) is 63.5 Å². The molecule has 0 bridgehead atoms. The number of hydrogen-bond acceptors (Lipinski definition) is 6. The summed E-state index contributed by atoms with van der Waals surface area (Å²) in [5.74, 6) is 0.282. The van der Waals surface area contributed by atoms with Gasteiger partial charge in [-0.1, -0.05) is 6.08 Å². The second kappa shape index (κ2) is 9.98. The quantitative estimate of drug-likeness (QED) is 0.608. The molecule has 7 heteroatoms. The van der Waals surface area contributed by atoms with E-state index in [-0.39, 0.29) is 17.5 Å². The van der Waals surface area contributed by atoms with E-state index in [1.165, 1.54) is 24.5 Å². The maximum atomic E-state index is 12.7. The van der Waals surface area contributed by atoms with Gasteiger partial charge in [-0.25, -0.2) is 0 Å². The molecule has 1 fully saturated rings. The highest BCUT2D eigenvalue weighted by atomic mass is 16.5. The van der Waals surface area contributed by atoms with Crippen molar-refractivity contribution < 1.29 is 18.7 Å². The standard InChI is InChI=1S/C26H31N3O4/c1-4-32-25-17-23(29-13-11-28(12-14-29)22-9-6-5-8-18(22)2)21(16-20(25)19(3)30)27-26(31)24-10-7-15-33-24/h6-7,9-10,15-17H,4-5,8,11-14H2,1-3H3,(H,27,31). The van der Waals surface area contributed by atoms with Crippen molar-refractivity contribution in [3.8, 4) is 5.75 Å². The number of ketones is 1. The highest BCUT2D eigenvalue weighted by Gasteiger charge is 2.25. The Labute approximate surface area is 194 Å². The summed E-state index contributed by atoms with van der Waals surface area (Å²) in [6.07, 6.45) is 8.16. The average Bonchev–Trinajstić information content (AvgIpc) is 3.35. The molecule has 7 nitrogen and oxygen atoms in total. The van der Waals surface area contributed by atoms with Gasteiger partial charge in [0.05, 0.1) is 29.8 Å². The number of allylic oxidation sites excluding steroid dienone is 3. The fourth-order valence-electron chi connectivity index (χ4n) is 4.40. The molecule has 0 saturated carbocycles. The molecule has 0 unspecified atom stereocenters. The third-order valence-electron chi connectivity index (χ3n) is 6.13. The van der Waals surface area contributed by atoms with E-state index in [1.807, 2.05) is 13.0 Å². The zero-order valence-corrected chi connectivity index (χ0v) is 19.5. The van der Waals surface area contributed by atoms with Crippen molar-refractivity contribution in [2.45, 2.75) is 33.6 Å². The van der Waals surface area contributed by atoms with E-state index in [0.29, 0.717) is 23.6 Å². The van der Waals surface area contributed by atoms with Crippen LogP contribution in [0.3, 0.4) is 0 Å². The normalized spacial score (nSPS) is 16.2. The summed E-state index contributed by atoms with van der Waals surface area (Å²) in [4.78, 5) is 29.7. The Balaban J connectivity index is 1.63. The Morgan fingerprint density at radius 1 is 1.15 bits per heavy atom. The molecule has 1 amide bonds. The molecule has 2 heterocycles. The molecule has 1 aliphatic carbocycles. The van der Waals surface area contributed by atoms with Crippen LogP contribution in [-0.4, -0.2) is 49.4 Å². The molecule has 0 spiro atoms. The predicted molar refractivity (Wildman–Crippen MR) is 129 cm³/mol. The van der Waals surface area contributed by atoms with Crippen LogP contribution in [0.2, 0.25) is 0 Å². The summed E-state index contributed by atoms with van der Waals surface area (Å²) in [5, 5.41) is 2.94. The first-order chi connectivity index (χ1) is 16.0. The smallest absolute Gasteiger partial charge is 0.291 e. The van der Waals surface area contributed by atoms with E-state index >= 15 is 0 Å². The van der Waals surface area contributed by atoms with Crippen LogP contribution in [0.25, 0.3) is 0 Å². The molecular formula is C26H31N3O4. The monoisotopic (exact) mass is 449 g/mol. The van der Waals surface area contributed by atoms with Crippen LogP contribution in [0.4, 0.5) is 11.4 Å². The number of rotatable bonds is 7. The van der Waals surface area contributed by atoms with Gasteiger partial charge in [-0.2, -0.15) is 0 Å². The summed E-state index contributed by atoms with van der Waals surface area (Å²) < 4.78 is 11.0. The molecule has 174 valence electrons. The van der Waals surface area contributed by atoms with Gasteiger partial charge in [0.15, 0.2) is 11.5 Å². The van der Waals surface area contributed by atoms with Crippen molar-refractivity contribution >= 4 is 23.1 Å². The first-order valence-electron chi connectivity index (χ1n) is 11.5. The average molecular weight is 450 g/mol. The number of carbonyl (C=O) groups is 2. The number of carbonyl (C=O) groups excluding carboxylic acids is 2. The highest BCUT2D eigenvalue weighted by molar-refractivity contribution is 6.06. The first kappa shape index (κ1) is 22.7. The number of hydrogen-bond donors (Lipinski definition) is 1.